The summed E-state index contributed by atoms with van der Waals surface area (Å²) in [4.78, 5) is 10.4. The predicted molar refractivity (Wildman–Crippen MR) is 199 cm³/mol. The number of para-hydroxylation sites is 3. The topological polar surface area (TPSA) is 50.4 Å². The highest BCUT2D eigenvalue weighted by Gasteiger charge is 2.25. The number of benzene rings is 5. The van der Waals surface area contributed by atoms with Crippen molar-refractivity contribution in [3.63, 3.8) is 0 Å². The number of aromatic hydroxyl groups is 1. The fourth-order valence-corrected chi connectivity index (χ4v) is 6.07. The van der Waals surface area contributed by atoms with Gasteiger partial charge in [-0.15, -0.1) is 0 Å². The number of fused-ring (bicyclic) bond motifs is 1. The maximum atomic E-state index is 11.4. The second-order valence-electron chi connectivity index (χ2n) is 14.8. The Kier molecular flexibility index (Phi) is 8.40. The van der Waals surface area contributed by atoms with Crippen molar-refractivity contribution in [3.05, 3.63) is 131 Å². The molecule has 1 heterocycles. The molecule has 0 saturated heterocycles. The number of hydrogen-bond donors (Lipinski definition) is 1. The van der Waals surface area contributed by atoms with Gasteiger partial charge in [0.2, 0.25) is 0 Å². The van der Waals surface area contributed by atoms with Crippen LogP contribution in [-0.4, -0.2) is 20.9 Å². The summed E-state index contributed by atoms with van der Waals surface area (Å²) in [7, 11) is 0. The van der Waals surface area contributed by atoms with Gasteiger partial charge >= 0.3 is 0 Å². The molecule has 0 aliphatic rings. The first-order valence-corrected chi connectivity index (χ1v) is 16.5. The summed E-state index contributed by atoms with van der Waals surface area (Å²) in [6.07, 6.45) is 1.80. The minimum absolute atomic E-state index is 0.0818. The van der Waals surface area contributed by atoms with E-state index in [-0.39, 0.29) is 16.6 Å². The summed E-state index contributed by atoms with van der Waals surface area (Å²) < 4.78 is 2.23. The van der Waals surface area contributed by atoms with Crippen molar-refractivity contribution >= 4 is 22.9 Å². The highest BCUT2D eigenvalue weighted by molar-refractivity contribution is 5.97. The van der Waals surface area contributed by atoms with Crippen LogP contribution in [0.15, 0.2) is 114 Å². The van der Waals surface area contributed by atoms with E-state index >= 15 is 0 Å². The van der Waals surface area contributed by atoms with E-state index in [2.05, 4.69) is 145 Å². The number of hydrogen-bond acceptors (Lipinski definition) is 3. The van der Waals surface area contributed by atoms with Crippen LogP contribution >= 0.6 is 0 Å². The molecule has 0 spiro atoms. The summed E-state index contributed by atoms with van der Waals surface area (Å²) >= 11 is 0. The molecule has 6 aromatic rings. The molecule has 0 atom stereocenters. The molecule has 0 aliphatic carbocycles. The molecule has 0 fully saturated rings. The van der Waals surface area contributed by atoms with Gasteiger partial charge in [0.25, 0.3) is 0 Å². The second kappa shape index (κ2) is 12.3. The first-order chi connectivity index (χ1) is 22.3. The Labute approximate surface area is 279 Å². The maximum Gasteiger partial charge on any atom is 0.147 e. The first-order valence-electron chi connectivity index (χ1n) is 16.5. The van der Waals surface area contributed by atoms with Gasteiger partial charge in [-0.2, -0.15) is 0 Å². The number of nitrogens with zero attached hydrogens (tertiary/aromatic N) is 3. The Hall–Kier alpha value is -4.96. The normalized spacial score (nSPS) is 12.4. The third-order valence-corrected chi connectivity index (χ3v) is 8.89. The molecular weight excluding hydrogens is 574 g/mol. The second-order valence-corrected chi connectivity index (χ2v) is 14.8. The Morgan fingerprint density at radius 2 is 1.38 bits per heavy atom. The van der Waals surface area contributed by atoms with Gasteiger partial charge < -0.3 is 5.11 Å². The largest absolute Gasteiger partial charge is 0.507 e. The lowest BCUT2D eigenvalue weighted by atomic mass is 9.79. The van der Waals surface area contributed by atoms with E-state index in [4.69, 9.17) is 9.98 Å². The third-order valence-electron chi connectivity index (χ3n) is 8.89. The van der Waals surface area contributed by atoms with E-state index in [1.807, 2.05) is 24.3 Å². The fourth-order valence-electron chi connectivity index (χ4n) is 6.07. The SMILES string of the molecule is CC(C)c1ccc(-c2cccc3c2nc(-c2ccccc2N=Cc2cc(C(C)(C)C)cc(C(C)(C)C)c2O)n3-c2ccccc2)cc1. The molecule has 1 N–H and O–H groups in total. The number of rotatable bonds is 6. The molecule has 238 valence electrons. The van der Waals surface area contributed by atoms with Gasteiger partial charge in [-0.25, -0.2) is 4.98 Å². The van der Waals surface area contributed by atoms with Gasteiger partial charge in [-0.3, -0.25) is 9.56 Å². The number of imidazole rings is 1. The summed E-state index contributed by atoms with van der Waals surface area (Å²) in [6, 6.07) is 37.9. The summed E-state index contributed by atoms with van der Waals surface area (Å²) in [5.74, 6) is 1.56. The van der Waals surface area contributed by atoms with Crippen molar-refractivity contribution in [2.24, 2.45) is 4.99 Å². The Morgan fingerprint density at radius 3 is 2.04 bits per heavy atom. The highest BCUT2D eigenvalue weighted by Crippen LogP contribution is 2.40. The zero-order valence-corrected chi connectivity index (χ0v) is 28.8. The van der Waals surface area contributed by atoms with Gasteiger partial charge in [-0.05, 0) is 69.8 Å². The molecule has 0 amide bonds. The molecule has 0 unspecified atom stereocenters. The van der Waals surface area contributed by atoms with Crippen molar-refractivity contribution in [2.75, 3.05) is 0 Å². The monoisotopic (exact) mass is 619 g/mol. The van der Waals surface area contributed by atoms with Crippen LogP contribution in [0.4, 0.5) is 5.69 Å². The van der Waals surface area contributed by atoms with Crippen LogP contribution in [0.5, 0.6) is 5.75 Å². The molecule has 4 nitrogen and oxygen atoms in total. The highest BCUT2D eigenvalue weighted by atomic mass is 16.3. The van der Waals surface area contributed by atoms with Crippen LogP contribution in [0.1, 0.15) is 83.6 Å². The van der Waals surface area contributed by atoms with Gasteiger partial charge in [0.05, 0.1) is 16.7 Å². The quantitative estimate of drug-likeness (QED) is 0.189. The zero-order chi connectivity index (χ0) is 33.5. The lowest BCUT2D eigenvalue weighted by Crippen LogP contribution is -2.17. The zero-order valence-electron chi connectivity index (χ0n) is 28.8. The van der Waals surface area contributed by atoms with E-state index in [0.717, 1.165) is 56.0 Å². The molecule has 4 heteroatoms. The molecule has 0 aliphatic heterocycles. The van der Waals surface area contributed by atoms with Gasteiger partial charge in [-0.1, -0.05) is 128 Å². The van der Waals surface area contributed by atoms with E-state index in [1.54, 1.807) is 6.21 Å². The number of aromatic nitrogens is 2. The lowest BCUT2D eigenvalue weighted by Gasteiger charge is -2.27. The minimum Gasteiger partial charge on any atom is -0.507 e. The predicted octanol–water partition coefficient (Wildman–Crippen LogP) is 11.5. The number of aliphatic imine (C=N–C) groups is 1. The number of phenolic OH excluding ortho intramolecular Hbond substituents is 1. The number of phenols is 1. The molecule has 5 aromatic carbocycles. The van der Waals surface area contributed by atoms with Crippen LogP contribution in [-0.2, 0) is 10.8 Å². The Bertz CT molecular complexity index is 2070. The van der Waals surface area contributed by atoms with Crippen molar-refractivity contribution in [3.8, 4) is 34.0 Å². The van der Waals surface area contributed by atoms with Crippen molar-refractivity contribution in [2.45, 2.75) is 72.1 Å². The Morgan fingerprint density at radius 1 is 0.723 bits per heavy atom. The van der Waals surface area contributed by atoms with E-state index < -0.39 is 0 Å². The lowest BCUT2D eigenvalue weighted by molar-refractivity contribution is 0.444. The summed E-state index contributed by atoms with van der Waals surface area (Å²) in [6.45, 7) is 17.4. The molecule has 0 bridgehead atoms. The van der Waals surface area contributed by atoms with E-state index in [1.165, 1.54) is 5.56 Å². The average molecular weight is 620 g/mol. The third kappa shape index (κ3) is 6.38. The summed E-state index contributed by atoms with van der Waals surface area (Å²) in [5.41, 5.74) is 10.7. The Balaban J connectivity index is 1.54. The average Bonchev–Trinajstić information content (AvgIpc) is 3.43. The molecule has 6 rings (SSSR count). The van der Waals surface area contributed by atoms with E-state index in [0.29, 0.717) is 11.5 Å². The van der Waals surface area contributed by atoms with Crippen molar-refractivity contribution in [1.82, 2.24) is 9.55 Å². The fraction of sp³-hybridized carbons (Fsp3) is 0.256. The van der Waals surface area contributed by atoms with Crippen molar-refractivity contribution in [1.29, 1.82) is 0 Å². The molecule has 1 aromatic heterocycles. The molecule has 47 heavy (non-hydrogen) atoms. The van der Waals surface area contributed by atoms with Crippen molar-refractivity contribution < 1.29 is 5.11 Å². The molecular formula is C43H45N3O. The van der Waals surface area contributed by atoms with Crippen LogP contribution in [0, 0.1) is 0 Å². The van der Waals surface area contributed by atoms with E-state index in [9.17, 15) is 5.11 Å². The minimum atomic E-state index is -0.223. The van der Waals surface area contributed by atoms with Gasteiger partial charge in [0.1, 0.15) is 11.6 Å². The smallest absolute Gasteiger partial charge is 0.147 e. The van der Waals surface area contributed by atoms with Crippen LogP contribution in [0.25, 0.3) is 39.2 Å². The first kappa shape index (κ1) is 32.0. The van der Waals surface area contributed by atoms with Crippen LogP contribution in [0.3, 0.4) is 0 Å². The molecule has 0 saturated carbocycles. The van der Waals surface area contributed by atoms with Crippen LogP contribution < -0.4 is 0 Å². The maximum absolute atomic E-state index is 11.4. The van der Waals surface area contributed by atoms with Gasteiger partial charge in [0, 0.05) is 34.2 Å². The summed E-state index contributed by atoms with van der Waals surface area (Å²) in [5, 5.41) is 11.4. The molecule has 0 radical (unpaired) electrons. The standard InChI is InChI=1S/C43H45N3O/c1-28(2)29-21-23-30(24-22-29)34-18-14-20-38-39(34)45-41(46(38)33-15-10-9-11-16-33)35-17-12-13-19-37(35)44-27-31-25-32(42(3,4)5)26-36(40(31)47)43(6,7)8/h9-28,47H,1-8H3. The van der Waals surface area contributed by atoms with Gasteiger partial charge in [0.15, 0.2) is 0 Å². The van der Waals surface area contributed by atoms with Crippen LogP contribution in [0.2, 0.25) is 0 Å².